The van der Waals surface area contributed by atoms with Crippen LogP contribution in [0.5, 0.6) is 17.2 Å². The number of carbonyl (C=O) groups is 1. The van der Waals surface area contributed by atoms with E-state index in [1.165, 1.54) is 11.3 Å². The van der Waals surface area contributed by atoms with Gasteiger partial charge >= 0.3 is 5.97 Å². The normalized spacial score (nSPS) is 12.0. The van der Waals surface area contributed by atoms with Crippen LogP contribution in [-0.2, 0) is 6.42 Å². The molecule has 1 unspecified atom stereocenters. The molecule has 3 aromatic rings. The molecule has 0 spiro atoms. The largest absolute Gasteiger partial charge is 0.493 e. The molecular formula is C22H25NO6S. The van der Waals surface area contributed by atoms with Crippen molar-refractivity contribution in [3.63, 3.8) is 0 Å². The van der Waals surface area contributed by atoms with E-state index in [1.807, 2.05) is 42.5 Å². The number of rotatable bonds is 11. The number of carboxylic acids is 1. The second-order valence-corrected chi connectivity index (χ2v) is 7.72. The van der Waals surface area contributed by atoms with E-state index in [2.05, 4.69) is 5.32 Å². The van der Waals surface area contributed by atoms with Crippen LogP contribution in [0.25, 0.3) is 10.1 Å². The molecule has 1 aromatic heterocycles. The molecule has 2 aromatic carbocycles. The molecule has 3 N–H and O–H groups in total. The van der Waals surface area contributed by atoms with Crippen LogP contribution in [-0.4, -0.2) is 56.2 Å². The van der Waals surface area contributed by atoms with Crippen LogP contribution in [0.4, 0.5) is 0 Å². The Kier molecular flexibility index (Phi) is 7.51. The molecule has 3 rings (SSSR count). The Morgan fingerprint density at radius 3 is 2.63 bits per heavy atom. The SMILES string of the molecule is COc1ccc(CCNCC(O)COc2c(C(=O)O)sc3ccccc23)cc1OC. The maximum absolute atomic E-state index is 11.5. The zero-order valence-electron chi connectivity index (χ0n) is 16.9. The van der Waals surface area contributed by atoms with Crippen molar-refractivity contribution in [1.29, 1.82) is 0 Å². The highest BCUT2D eigenvalue weighted by Crippen LogP contribution is 2.37. The van der Waals surface area contributed by atoms with Crippen LogP contribution in [0.2, 0.25) is 0 Å². The van der Waals surface area contributed by atoms with Crippen LogP contribution in [0.3, 0.4) is 0 Å². The van der Waals surface area contributed by atoms with Crippen molar-refractivity contribution in [2.45, 2.75) is 12.5 Å². The number of hydrogen-bond donors (Lipinski definition) is 3. The predicted octanol–water partition coefficient (Wildman–Crippen LogP) is 3.19. The van der Waals surface area contributed by atoms with Gasteiger partial charge in [-0.25, -0.2) is 4.79 Å². The van der Waals surface area contributed by atoms with Gasteiger partial charge < -0.3 is 29.7 Å². The first kappa shape index (κ1) is 21.9. The summed E-state index contributed by atoms with van der Waals surface area (Å²) in [4.78, 5) is 11.6. The first-order valence-electron chi connectivity index (χ1n) is 9.50. The summed E-state index contributed by atoms with van der Waals surface area (Å²) in [6.45, 7) is 0.996. The highest BCUT2D eigenvalue weighted by molar-refractivity contribution is 7.21. The van der Waals surface area contributed by atoms with Crippen molar-refractivity contribution >= 4 is 27.4 Å². The van der Waals surface area contributed by atoms with Gasteiger partial charge in [0.2, 0.25) is 0 Å². The first-order valence-corrected chi connectivity index (χ1v) is 10.3. The molecule has 1 heterocycles. The number of thiophene rings is 1. The Balaban J connectivity index is 1.49. The quantitative estimate of drug-likeness (QED) is 0.401. The zero-order chi connectivity index (χ0) is 21.5. The van der Waals surface area contributed by atoms with Crippen LogP contribution in [0.15, 0.2) is 42.5 Å². The second-order valence-electron chi connectivity index (χ2n) is 6.67. The lowest BCUT2D eigenvalue weighted by atomic mass is 10.1. The average Bonchev–Trinajstić information content (AvgIpc) is 3.14. The summed E-state index contributed by atoms with van der Waals surface area (Å²) in [5, 5.41) is 23.6. The van der Waals surface area contributed by atoms with Gasteiger partial charge in [-0.05, 0) is 42.8 Å². The van der Waals surface area contributed by atoms with Crippen LogP contribution >= 0.6 is 11.3 Å². The molecule has 8 heteroatoms. The molecule has 0 radical (unpaired) electrons. The number of fused-ring (bicyclic) bond motifs is 1. The molecule has 0 fully saturated rings. The summed E-state index contributed by atoms with van der Waals surface area (Å²) in [7, 11) is 3.20. The molecule has 1 atom stereocenters. The number of nitrogens with one attached hydrogen (secondary N) is 1. The predicted molar refractivity (Wildman–Crippen MR) is 116 cm³/mol. The Morgan fingerprint density at radius 1 is 1.13 bits per heavy atom. The molecule has 0 bridgehead atoms. The van der Waals surface area contributed by atoms with Gasteiger partial charge in [0.05, 0.1) is 14.2 Å². The van der Waals surface area contributed by atoms with E-state index in [0.717, 1.165) is 22.1 Å². The maximum Gasteiger partial charge on any atom is 0.349 e. The Morgan fingerprint density at radius 2 is 1.90 bits per heavy atom. The van der Waals surface area contributed by atoms with E-state index in [4.69, 9.17) is 14.2 Å². The zero-order valence-corrected chi connectivity index (χ0v) is 17.7. The lowest BCUT2D eigenvalue weighted by Gasteiger charge is -2.14. The number of aliphatic hydroxyl groups excluding tert-OH is 1. The van der Waals surface area contributed by atoms with Crippen molar-refractivity contribution < 1.29 is 29.2 Å². The summed E-state index contributed by atoms with van der Waals surface area (Å²) in [5.74, 6) is 0.644. The highest BCUT2D eigenvalue weighted by Gasteiger charge is 2.20. The minimum atomic E-state index is -1.03. The lowest BCUT2D eigenvalue weighted by molar-refractivity contribution is 0.0690. The summed E-state index contributed by atoms with van der Waals surface area (Å²) < 4.78 is 17.1. The Bertz CT molecular complexity index is 1000. The van der Waals surface area contributed by atoms with Gasteiger partial charge in [-0.2, -0.15) is 0 Å². The van der Waals surface area contributed by atoms with Gasteiger partial charge in [-0.3, -0.25) is 0 Å². The fourth-order valence-electron chi connectivity index (χ4n) is 3.08. The first-order chi connectivity index (χ1) is 14.5. The summed E-state index contributed by atoms with van der Waals surface area (Å²) in [5.41, 5.74) is 1.08. The van der Waals surface area contributed by atoms with Crippen molar-refractivity contribution in [2.75, 3.05) is 33.9 Å². The number of aliphatic hydroxyl groups is 1. The van der Waals surface area contributed by atoms with Gasteiger partial charge in [0, 0.05) is 16.6 Å². The third-order valence-electron chi connectivity index (χ3n) is 4.58. The van der Waals surface area contributed by atoms with Crippen molar-refractivity contribution in [2.24, 2.45) is 0 Å². The Labute approximate surface area is 178 Å². The standard InChI is InChI=1S/C22H25NO6S/c1-27-17-8-7-14(11-18(17)28-2)9-10-23-12-15(24)13-29-20-16-5-3-4-6-19(16)30-21(20)22(25)26/h3-8,11,15,23-24H,9-10,12-13H2,1-2H3,(H,25,26). The van der Waals surface area contributed by atoms with Crippen molar-refractivity contribution in [3.8, 4) is 17.2 Å². The highest BCUT2D eigenvalue weighted by atomic mass is 32.1. The van der Waals surface area contributed by atoms with E-state index in [9.17, 15) is 15.0 Å². The molecule has 0 amide bonds. The van der Waals surface area contributed by atoms with E-state index >= 15 is 0 Å². The molecule has 0 aliphatic rings. The third-order valence-corrected chi connectivity index (χ3v) is 5.72. The minimum absolute atomic E-state index is 0.00433. The topological polar surface area (TPSA) is 97.2 Å². The maximum atomic E-state index is 11.5. The van der Waals surface area contributed by atoms with Crippen LogP contribution in [0, 0.1) is 0 Å². The average molecular weight is 432 g/mol. The number of methoxy groups -OCH3 is 2. The molecule has 30 heavy (non-hydrogen) atoms. The van der Waals surface area contributed by atoms with Crippen molar-refractivity contribution in [1.82, 2.24) is 5.32 Å². The molecule has 7 nitrogen and oxygen atoms in total. The molecular weight excluding hydrogens is 406 g/mol. The molecule has 0 saturated heterocycles. The molecule has 0 aliphatic heterocycles. The summed E-state index contributed by atoms with van der Waals surface area (Å²) in [6.07, 6.45) is -0.0116. The number of benzene rings is 2. The Hall–Kier alpha value is -2.81. The van der Waals surface area contributed by atoms with E-state index in [-0.39, 0.29) is 11.5 Å². The van der Waals surface area contributed by atoms with Gasteiger partial charge in [0.1, 0.15) is 12.7 Å². The summed E-state index contributed by atoms with van der Waals surface area (Å²) in [6, 6.07) is 13.1. The van der Waals surface area contributed by atoms with E-state index in [1.54, 1.807) is 14.2 Å². The smallest absolute Gasteiger partial charge is 0.349 e. The fraction of sp³-hybridized carbons (Fsp3) is 0.318. The molecule has 160 valence electrons. The van der Waals surface area contributed by atoms with Crippen LogP contribution < -0.4 is 19.5 Å². The second kappa shape index (κ2) is 10.3. The number of aromatic carboxylic acids is 1. The third kappa shape index (κ3) is 5.21. The summed E-state index contributed by atoms with van der Waals surface area (Å²) >= 11 is 1.17. The van der Waals surface area contributed by atoms with E-state index < -0.39 is 12.1 Å². The monoisotopic (exact) mass is 431 g/mol. The minimum Gasteiger partial charge on any atom is -0.493 e. The lowest BCUT2D eigenvalue weighted by Crippen LogP contribution is -2.32. The van der Waals surface area contributed by atoms with Crippen molar-refractivity contribution in [3.05, 3.63) is 52.9 Å². The van der Waals surface area contributed by atoms with Gasteiger partial charge in [-0.15, -0.1) is 11.3 Å². The number of ether oxygens (including phenoxy) is 3. The molecule has 0 aliphatic carbocycles. The van der Waals surface area contributed by atoms with E-state index in [0.29, 0.717) is 30.3 Å². The van der Waals surface area contributed by atoms with Gasteiger partial charge in [0.15, 0.2) is 22.1 Å². The fourth-order valence-corrected chi connectivity index (χ4v) is 4.07. The number of hydrogen-bond acceptors (Lipinski definition) is 7. The number of carboxylic acid groups (broad SMARTS) is 1. The molecule has 0 saturated carbocycles. The van der Waals surface area contributed by atoms with Crippen LogP contribution in [0.1, 0.15) is 15.2 Å². The van der Waals surface area contributed by atoms with Gasteiger partial charge in [-0.1, -0.05) is 18.2 Å². The van der Waals surface area contributed by atoms with Gasteiger partial charge in [0.25, 0.3) is 0 Å².